The van der Waals surface area contributed by atoms with Crippen LogP contribution in [0.15, 0.2) is 91.3 Å². The molecule has 3 aromatic carbocycles. The van der Waals surface area contributed by atoms with Crippen LogP contribution in [0.3, 0.4) is 0 Å². The third-order valence-corrected chi connectivity index (χ3v) is 5.98. The first-order valence-electron chi connectivity index (χ1n) is 12.2. The van der Waals surface area contributed by atoms with Crippen LogP contribution in [0.4, 0.5) is 11.5 Å². The van der Waals surface area contributed by atoms with Crippen LogP contribution in [0.2, 0.25) is 0 Å². The molecule has 0 atom stereocenters. The second-order valence-corrected chi connectivity index (χ2v) is 9.08. The number of esters is 1. The third-order valence-electron chi connectivity index (χ3n) is 5.98. The molecule has 8 heteroatoms. The lowest BCUT2D eigenvalue weighted by atomic mass is 10.1. The van der Waals surface area contributed by atoms with E-state index in [2.05, 4.69) is 10.3 Å². The standard InChI is InChI=1S/C30H27N5O3/c1-20(36)38-27-28(34(2)3)32-26(33-29(27)35-16-6-7-17-35)18-21-10-14-25(15-11-21)31-30(37)24-13-12-22-8-4-5-9-23(22)19-24/h4-17,19H,18H2,1-3H3,(H,31,37). The minimum Gasteiger partial charge on any atom is -0.419 e. The maximum atomic E-state index is 12.8. The van der Waals surface area contributed by atoms with E-state index in [-0.39, 0.29) is 5.91 Å². The molecular formula is C30H27N5O3. The van der Waals surface area contributed by atoms with Crippen LogP contribution >= 0.6 is 0 Å². The van der Waals surface area contributed by atoms with Gasteiger partial charge in [-0.3, -0.25) is 9.59 Å². The van der Waals surface area contributed by atoms with Gasteiger partial charge in [0.2, 0.25) is 5.75 Å². The lowest BCUT2D eigenvalue weighted by Gasteiger charge is -2.19. The number of anilines is 2. The minimum atomic E-state index is -0.445. The van der Waals surface area contributed by atoms with Crippen molar-refractivity contribution >= 4 is 34.2 Å². The number of rotatable bonds is 7. The Morgan fingerprint density at radius 3 is 2.29 bits per heavy atom. The van der Waals surface area contributed by atoms with Crippen LogP contribution in [0.25, 0.3) is 16.6 Å². The Morgan fingerprint density at radius 2 is 1.61 bits per heavy atom. The van der Waals surface area contributed by atoms with E-state index < -0.39 is 5.97 Å². The van der Waals surface area contributed by atoms with Crippen molar-refractivity contribution < 1.29 is 14.3 Å². The van der Waals surface area contributed by atoms with Gasteiger partial charge in [0.15, 0.2) is 11.6 Å². The molecule has 0 saturated heterocycles. The molecule has 1 amide bonds. The van der Waals surface area contributed by atoms with Crippen molar-refractivity contribution in [2.75, 3.05) is 24.3 Å². The molecule has 0 saturated carbocycles. The molecule has 8 nitrogen and oxygen atoms in total. The van der Waals surface area contributed by atoms with E-state index in [1.54, 1.807) is 9.47 Å². The number of ether oxygens (including phenoxy) is 1. The van der Waals surface area contributed by atoms with Gasteiger partial charge in [0.1, 0.15) is 5.82 Å². The maximum Gasteiger partial charge on any atom is 0.308 e. The van der Waals surface area contributed by atoms with Gasteiger partial charge in [0.05, 0.1) is 0 Å². The van der Waals surface area contributed by atoms with Crippen LogP contribution in [0.1, 0.15) is 28.7 Å². The van der Waals surface area contributed by atoms with Crippen LogP contribution < -0.4 is 15.0 Å². The first-order valence-corrected chi connectivity index (χ1v) is 12.2. The van der Waals surface area contributed by atoms with Crippen molar-refractivity contribution in [2.45, 2.75) is 13.3 Å². The molecule has 190 valence electrons. The number of fused-ring (bicyclic) bond motifs is 1. The van der Waals surface area contributed by atoms with Crippen molar-refractivity contribution in [1.29, 1.82) is 0 Å². The van der Waals surface area contributed by atoms with Crippen molar-refractivity contribution in [1.82, 2.24) is 14.5 Å². The highest BCUT2D eigenvalue weighted by Crippen LogP contribution is 2.32. The average Bonchev–Trinajstić information content (AvgIpc) is 3.44. The number of carbonyl (C=O) groups excluding carboxylic acids is 2. The quantitative estimate of drug-likeness (QED) is 0.304. The first kappa shape index (κ1) is 24.7. The zero-order chi connectivity index (χ0) is 26.6. The summed E-state index contributed by atoms with van der Waals surface area (Å²) in [6.07, 6.45) is 4.13. The van der Waals surface area contributed by atoms with Gasteiger partial charge in [-0.05, 0) is 52.7 Å². The highest BCUT2D eigenvalue weighted by Gasteiger charge is 2.21. The number of hydrogen-bond acceptors (Lipinski definition) is 6. The summed E-state index contributed by atoms with van der Waals surface area (Å²) in [5.74, 6) is 1.25. The van der Waals surface area contributed by atoms with Gasteiger partial charge in [-0.25, -0.2) is 9.97 Å². The number of nitrogens with zero attached hydrogens (tertiary/aromatic N) is 4. The zero-order valence-corrected chi connectivity index (χ0v) is 21.4. The van der Waals surface area contributed by atoms with Crippen LogP contribution in [0, 0.1) is 0 Å². The topological polar surface area (TPSA) is 89.3 Å². The molecule has 0 aliphatic carbocycles. The van der Waals surface area contributed by atoms with Crippen molar-refractivity contribution in [3.8, 4) is 11.6 Å². The summed E-state index contributed by atoms with van der Waals surface area (Å²) in [5.41, 5.74) is 2.26. The van der Waals surface area contributed by atoms with E-state index in [1.165, 1.54) is 6.92 Å². The molecule has 0 radical (unpaired) electrons. The van der Waals surface area contributed by atoms with Gasteiger partial charge in [0, 0.05) is 51.1 Å². The number of nitrogens with one attached hydrogen (secondary N) is 1. The molecule has 2 aromatic heterocycles. The molecule has 1 N–H and O–H groups in total. The molecule has 0 bridgehead atoms. The van der Waals surface area contributed by atoms with E-state index in [4.69, 9.17) is 9.72 Å². The minimum absolute atomic E-state index is 0.167. The highest BCUT2D eigenvalue weighted by molar-refractivity contribution is 6.06. The molecular weight excluding hydrogens is 478 g/mol. The number of amides is 1. The van der Waals surface area contributed by atoms with Crippen LogP contribution in [0.5, 0.6) is 5.75 Å². The Bertz CT molecular complexity index is 1610. The number of carbonyl (C=O) groups is 2. The number of aromatic nitrogens is 3. The normalized spacial score (nSPS) is 10.8. The van der Waals surface area contributed by atoms with E-state index in [1.807, 2.05) is 105 Å². The molecule has 0 fully saturated rings. The van der Waals surface area contributed by atoms with E-state index in [9.17, 15) is 9.59 Å². The Balaban J connectivity index is 1.37. The second-order valence-electron chi connectivity index (χ2n) is 9.08. The Labute approximate surface area is 220 Å². The van der Waals surface area contributed by atoms with Gasteiger partial charge in [-0.1, -0.05) is 42.5 Å². The van der Waals surface area contributed by atoms with Gasteiger partial charge in [-0.15, -0.1) is 0 Å². The summed E-state index contributed by atoms with van der Waals surface area (Å²) in [4.78, 5) is 35.8. The smallest absolute Gasteiger partial charge is 0.308 e. The Hall–Kier alpha value is -4.98. The SMILES string of the molecule is CC(=O)Oc1c(N(C)C)nc(Cc2ccc(NC(=O)c3ccc4ccccc4c3)cc2)nc1-n1cccc1. The van der Waals surface area contributed by atoms with Crippen LogP contribution in [-0.4, -0.2) is 40.5 Å². The average molecular weight is 506 g/mol. The first-order chi connectivity index (χ1) is 18.4. The predicted molar refractivity (Wildman–Crippen MR) is 148 cm³/mol. The van der Waals surface area contributed by atoms with Gasteiger partial charge < -0.3 is 19.5 Å². The monoisotopic (exact) mass is 505 g/mol. The van der Waals surface area contributed by atoms with Crippen molar-refractivity contribution in [2.24, 2.45) is 0 Å². The van der Waals surface area contributed by atoms with Gasteiger partial charge >= 0.3 is 5.97 Å². The molecule has 5 rings (SSSR count). The lowest BCUT2D eigenvalue weighted by molar-refractivity contribution is -0.131. The molecule has 0 aliphatic rings. The van der Waals surface area contributed by atoms with E-state index >= 15 is 0 Å². The fraction of sp³-hybridized carbons (Fsp3) is 0.133. The maximum absolute atomic E-state index is 12.8. The summed E-state index contributed by atoms with van der Waals surface area (Å²) in [6.45, 7) is 1.35. The fourth-order valence-electron chi connectivity index (χ4n) is 4.16. The number of benzene rings is 3. The number of hydrogen-bond donors (Lipinski definition) is 1. The fourth-order valence-corrected chi connectivity index (χ4v) is 4.16. The molecule has 2 heterocycles. The van der Waals surface area contributed by atoms with Crippen LogP contribution in [-0.2, 0) is 11.2 Å². The predicted octanol–water partition coefficient (Wildman–Crippen LogP) is 5.25. The Kier molecular flexibility index (Phi) is 6.86. The largest absolute Gasteiger partial charge is 0.419 e. The summed E-state index contributed by atoms with van der Waals surface area (Å²) < 4.78 is 7.31. The summed E-state index contributed by atoms with van der Waals surface area (Å²) in [5, 5.41) is 5.07. The third kappa shape index (κ3) is 5.39. The van der Waals surface area contributed by atoms with Crippen molar-refractivity contribution in [3.63, 3.8) is 0 Å². The van der Waals surface area contributed by atoms with E-state index in [0.29, 0.717) is 40.9 Å². The highest BCUT2D eigenvalue weighted by atomic mass is 16.5. The zero-order valence-electron chi connectivity index (χ0n) is 21.4. The molecule has 0 spiro atoms. The van der Waals surface area contributed by atoms with Gasteiger partial charge in [-0.2, -0.15) is 0 Å². The van der Waals surface area contributed by atoms with Crippen molar-refractivity contribution in [3.05, 3.63) is 108 Å². The molecule has 0 unspecified atom stereocenters. The van der Waals surface area contributed by atoms with E-state index in [0.717, 1.165) is 16.3 Å². The summed E-state index contributed by atoms with van der Waals surface area (Å²) in [7, 11) is 3.68. The summed E-state index contributed by atoms with van der Waals surface area (Å²) in [6, 6.07) is 25.0. The summed E-state index contributed by atoms with van der Waals surface area (Å²) >= 11 is 0. The Morgan fingerprint density at radius 1 is 0.895 bits per heavy atom. The second kappa shape index (κ2) is 10.6. The van der Waals surface area contributed by atoms with Gasteiger partial charge in [0.25, 0.3) is 5.91 Å². The molecule has 38 heavy (non-hydrogen) atoms. The lowest BCUT2D eigenvalue weighted by Crippen LogP contribution is -2.18. The molecule has 0 aliphatic heterocycles. The molecule has 5 aromatic rings.